The van der Waals surface area contributed by atoms with Crippen molar-refractivity contribution in [2.45, 2.75) is 31.2 Å². The van der Waals surface area contributed by atoms with Gasteiger partial charge in [-0.25, -0.2) is 0 Å². The van der Waals surface area contributed by atoms with E-state index in [-0.39, 0.29) is 23.3 Å². The third-order valence-electron chi connectivity index (χ3n) is 10.6. The fourth-order valence-electron chi connectivity index (χ4n) is 8.09. The van der Waals surface area contributed by atoms with E-state index in [4.69, 9.17) is 15.6 Å². The molecule has 0 saturated heterocycles. The van der Waals surface area contributed by atoms with E-state index in [9.17, 15) is 0 Å². The first-order valence-electron chi connectivity index (χ1n) is 17.2. The number of allylic oxidation sites excluding steroid dienone is 1. The summed E-state index contributed by atoms with van der Waals surface area (Å²) in [5, 5.41) is 19.3. The van der Waals surface area contributed by atoms with Gasteiger partial charge in [-0.1, -0.05) is 78.9 Å². The lowest BCUT2D eigenvalue weighted by molar-refractivity contribution is 0.441. The second-order valence-electron chi connectivity index (χ2n) is 13.5. The highest BCUT2D eigenvalue weighted by Crippen LogP contribution is 2.53. The van der Waals surface area contributed by atoms with Gasteiger partial charge in [0.15, 0.2) is 0 Å². The molecule has 5 heteroatoms. The number of fused-ring (bicyclic) bond motifs is 6. The van der Waals surface area contributed by atoms with E-state index >= 15 is 0 Å². The van der Waals surface area contributed by atoms with E-state index in [1.165, 1.54) is 44.2 Å². The SMILES string of the molecule is CC12C=CCCC1N(c1ccc(C(=N)OC(=N)c3ccccc3)cc1)c1ccc(-c3ccc4c(c3)c3ccccc3n4-c3ccccc3)cc12. The minimum absolute atomic E-state index is 0.0326. The maximum Gasteiger partial charge on any atom is 0.221 e. The Labute approximate surface area is 291 Å². The van der Waals surface area contributed by atoms with Gasteiger partial charge < -0.3 is 14.2 Å². The minimum atomic E-state index is -0.143. The number of benzene rings is 6. The lowest BCUT2D eigenvalue weighted by atomic mass is 9.73. The number of anilines is 2. The van der Waals surface area contributed by atoms with Crippen LogP contribution in [0.1, 0.15) is 36.5 Å². The molecule has 6 aromatic carbocycles. The van der Waals surface area contributed by atoms with Crippen molar-refractivity contribution in [3.8, 4) is 16.8 Å². The molecule has 0 bridgehead atoms. The molecule has 2 heterocycles. The topological polar surface area (TPSA) is 65.1 Å². The lowest BCUT2D eigenvalue weighted by Crippen LogP contribution is -2.41. The zero-order valence-corrected chi connectivity index (χ0v) is 27.8. The monoisotopic (exact) mass is 648 g/mol. The predicted octanol–water partition coefficient (Wildman–Crippen LogP) is 10.9. The summed E-state index contributed by atoms with van der Waals surface area (Å²) in [6, 6.07) is 50.7. The van der Waals surface area contributed by atoms with Crippen LogP contribution in [-0.2, 0) is 10.2 Å². The van der Waals surface area contributed by atoms with Crippen LogP contribution in [0.5, 0.6) is 0 Å². The molecule has 2 aliphatic rings. The average molecular weight is 649 g/mol. The maximum absolute atomic E-state index is 8.54. The Balaban J connectivity index is 1.08. The summed E-state index contributed by atoms with van der Waals surface area (Å²) in [6.45, 7) is 2.37. The smallest absolute Gasteiger partial charge is 0.221 e. The van der Waals surface area contributed by atoms with Gasteiger partial charge in [0.1, 0.15) is 0 Å². The Bertz CT molecular complexity index is 2460. The fourth-order valence-corrected chi connectivity index (χ4v) is 8.09. The summed E-state index contributed by atoms with van der Waals surface area (Å²) >= 11 is 0. The molecule has 0 spiro atoms. The first-order valence-corrected chi connectivity index (χ1v) is 17.2. The van der Waals surface area contributed by atoms with Crippen LogP contribution in [0.25, 0.3) is 38.6 Å². The Kier molecular flexibility index (Phi) is 7.02. The molecule has 5 nitrogen and oxygen atoms in total. The zero-order valence-electron chi connectivity index (χ0n) is 27.8. The molecule has 7 aromatic rings. The first kappa shape index (κ1) is 29.9. The number of nitrogens with one attached hydrogen (secondary N) is 2. The summed E-state index contributed by atoms with van der Waals surface area (Å²) in [6.07, 6.45) is 6.84. The molecule has 0 amide bonds. The molecule has 2 atom stereocenters. The van der Waals surface area contributed by atoms with Crippen molar-refractivity contribution in [2.75, 3.05) is 4.90 Å². The molecular weight excluding hydrogens is 613 g/mol. The largest absolute Gasteiger partial charge is 0.421 e. The number of nitrogens with zero attached hydrogens (tertiary/aromatic N) is 2. The van der Waals surface area contributed by atoms with E-state index in [1.54, 1.807) is 0 Å². The van der Waals surface area contributed by atoms with Gasteiger partial charge in [-0.2, -0.15) is 0 Å². The lowest BCUT2D eigenvalue weighted by Gasteiger charge is -2.37. The molecule has 242 valence electrons. The normalized spacial score (nSPS) is 17.9. The number of aromatic nitrogens is 1. The molecule has 1 aliphatic carbocycles. The van der Waals surface area contributed by atoms with Gasteiger partial charge >= 0.3 is 0 Å². The highest BCUT2D eigenvalue weighted by Gasteiger charge is 2.47. The van der Waals surface area contributed by atoms with Gasteiger partial charge in [0.25, 0.3) is 0 Å². The third-order valence-corrected chi connectivity index (χ3v) is 10.6. The van der Waals surface area contributed by atoms with Gasteiger partial charge in [-0.15, -0.1) is 0 Å². The molecule has 1 aromatic heterocycles. The van der Waals surface area contributed by atoms with Crippen molar-refractivity contribution in [1.29, 1.82) is 10.8 Å². The average Bonchev–Trinajstić information content (AvgIpc) is 3.64. The van der Waals surface area contributed by atoms with Crippen LogP contribution in [-0.4, -0.2) is 22.4 Å². The second kappa shape index (κ2) is 11.7. The molecule has 50 heavy (non-hydrogen) atoms. The van der Waals surface area contributed by atoms with Crippen molar-refractivity contribution in [3.63, 3.8) is 0 Å². The first-order chi connectivity index (χ1) is 24.5. The van der Waals surface area contributed by atoms with Crippen molar-refractivity contribution in [3.05, 3.63) is 174 Å². The summed E-state index contributed by atoms with van der Waals surface area (Å²) in [7, 11) is 0. The van der Waals surface area contributed by atoms with Crippen molar-refractivity contribution < 1.29 is 4.74 Å². The molecule has 0 radical (unpaired) electrons. The van der Waals surface area contributed by atoms with E-state index in [1.807, 2.05) is 42.5 Å². The number of rotatable bonds is 5. The van der Waals surface area contributed by atoms with Crippen molar-refractivity contribution in [1.82, 2.24) is 4.57 Å². The summed E-state index contributed by atoms with van der Waals surface area (Å²) in [5.74, 6) is -0.0685. The van der Waals surface area contributed by atoms with E-state index in [0.717, 1.165) is 24.2 Å². The number of hydrogen-bond acceptors (Lipinski definition) is 4. The molecule has 0 saturated carbocycles. The second-order valence-corrected chi connectivity index (χ2v) is 13.5. The molecule has 2 unspecified atom stereocenters. The van der Waals surface area contributed by atoms with Crippen molar-refractivity contribution in [2.24, 2.45) is 0 Å². The number of hydrogen-bond donors (Lipinski definition) is 2. The Morgan fingerprint density at radius 1 is 0.640 bits per heavy atom. The minimum Gasteiger partial charge on any atom is -0.421 e. The highest BCUT2D eigenvalue weighted by molar-refractivity contribution is 6.10. The van der Waals surface area contributed by atoms with Crippen LogP contribution < -0.4 is 4.90 Å². The van der Waals surface area contributed by atoms with Crippen LogP contribution in [0.2, 0.25) is 0 Å². The van der Waals surface area contributed by atoms with Crippen LogP contribution in [0.15, 0.2) is 158 Å². The van der Waals surface area contributed by atoms with E-state index < -0.39 is 0 Å². The molecule has 2 N–H and O–H groups in total. The third kappa shape index (κ3) is 4.77. The molecule has 1 aliphatic heterocycles. The Morgan fingerprint density at radius 3 is 2.06 bits per heavy atom. The summed E-state index contributed by atoms with van der Waals surface area (Å²) < 4.78 is 7.98. The predicted molar refractivity (Wildman–Crippen MR) is 205 cm³/mol. The van der Waals surface area contributed by atoms with Gasteiger partial charge in [-0.05, 0) is 115 Å². The van der Waals surface area contributed by atoms with Crippen LogP contribution in [0.3, 0.4) is 0 Å². The fraction of sp³-hybridized carbons (Fsp3) is 0.111. The standard InChI is InChI=1S/C45H36N4O/c1-45-27-11-10-18-42(45)49(35-23-19-31(20-24-35)44(47)50-43(46)30-12-4-2-5-13-30)41-26-22-33(29-38(41)45)32-21-25-40-37(28-32)36-16-8-9-17-39(36)48(40)34-14-6-3-7-15-34/h2-9,11-17,19-29,42,46-47H,10,18H2,1H3. The Morgan fingerprint density at radius 2 is 1.28 bits per heavy atom. The highest BCUT2D eigenvalue weighted by atomic mass is 16.5. The van der Waals surface area contributed by atoms with Crippen molar-refractivity contribution >= 4 is 45.0 Å². The van der Waals surface area contributed by atoms with Crippen LogP contribution in [0.4, 0.5) is 11.4 Å². The van der Waals surface area contributed by atoms with Gasteiger partial charge in [0.05, 0.1) is 11.0 Å². The molecule has 9 rings (SSSR count). The van der Waals surface area contributed by atoms with Crippen LogP contribution >= 0.6 is 0 Å². The van der Waals surface area contributed by atoms with E-state index in [0.29, 0.717) is 11.1 Å². The van der Waals surface area contributed by atoms with E-state index in [2.05, 4.69) is 132 Å². The molecular formula is C45H36N4O. The summed E-state index contributed by atoms with van der Waals surface area (Å²) in [5.41, 5.74) is 10.8. The number of para-hydroxylation sites is 2. The zero-order chi connectivity index (χ0) is 33.8. The van der Waals surface area contributed by atoms with Crippen LogP contribution in [0, 0.1) is 10.8 Å². The quantitative estimate of drug-likeness (QED) is 0.111. The maximum atomic E-state index is 8.54. The van der Waals surface area contributed by atoms with Gasteiger partial charge in [-0.3, -0.25) is 10.8 Å². The number of ether oxygens (including phenoxy) is 1. The van der Waals surface area contributed by atoms with Gasteiger partial charge in [0, 0.05) is 50.4 Å². The molecule has 0 fully saturated rings. The summed E-state index contributed by atoms with van der Waals surface area (Å²) in [4.78, 5) is 2.49. The Hall–Kier alpha value is -6.20. The van der Waals surface area contributed by atoms with Gasteiger partial charge in [0.2, 0.25) is 11.8 Å².